The lowest BCUT2D eigenvalue weighted by atomic mass is 10.1. The first-order chi connectivity index (χ1) is 9.38. The first-order valence-corrected chi connectivity index (χ1v) is 5.74. The normalized spacial score (nSPS) is 13.5. The molecule has 0 aliphatic carbocycles. The molecule has 0 unspecified atom stereocenters. The Morgan fingerprint density at radius 1 is 1.53 bits per heavy atom. The summed E-state index contributed by atoms with van der Waals surface area (Å²) in [5.74, 6) is 1.15. The zero-order chi connectivity index (χ0) is 13.1. The number of anilines is 1. The molecule has 94 valence electrons. The number of nitrogens with zero attached hydrogens (tertiary/aromatic N) is 4. The van der Waals surface area contributed by atoms with Crippen LogP contribution in [0.15, 0.2) is 24.4 Å². The number of hydrogen-bond donors (Lipinski definition) is 2. The van der Waals surface area contributed by atoms with Crippen molar-refractivity contribution in [3.63, 3.8) is 0 Å². The molecule has 0 radical (unpaired) electrons. The van der Waals surface area contributed by atoms with Gasteiger partial charge < -0.3 is 10.1 Å². The fourth-order valence-corrected chi connectivity index (χ4v) is 1.93. The van der Waals surface area contributed by atoms with E-state index in [1.807, 2.05) is 24.3 Å². The number of ether oxygens (including phenoxy) is 1. The van der Waals surface area contributed by atoms with Gasteiger partial charge in [-0.1, -0.05) is 6.07 Å². The maximum Gasteiger partial charge on any atom is 0.216 e. The Bertz CT molecular complexity index is 655. The summed E-state index contributed by atoms with van der Waals surface area (Å²) >= 11 is 0. The smallest absolute Gasteiger partial charge is 0.216 e. The van der Waals surface area contributed by atoms with E-state index in [2.05, 4.69) is 25.9 Å². The number of aromatic amines is 1. The monoisotopic (exact) mass is 254 g/mol. The number of aromatic nitrogens is 4. The van der Waals surface area contributed by atoms with E-state index in [-0.39, 0.29) is 5.82 Å². The average Bonchev–Trinajstić information content (AvgIpc) is 3.10. The van der Waals surface area contributed by atoms with Gasteiger partial charge in [-0.25, -0.2) is 0 Å². The summed E-state index contributed by atoms with van der Waals surface area (Å²) in [6, 6.07) is 7.80. The maximum absolute atomic E-state index is 9.06. The Kier molecular flexibility index (Phi) is 2.82. The molecular formula is C12H10N6O. The second kappa shape index (κ2) is 4.78. The van der Waals surface area contributed by atoms with E-state index in [4.69, 9.17) is 10.00 Å². The number of rotatable bonds is 3. The predicted octanol–water partition coefficient (Wildman–Crippen LogP) is 1.11. The van der Waals surface area contributed by atoms with Gasteiger partial charge in [0.05, 0.1) is 6.61 Å². The fourth-order valence-electron chi connectivity index (χ4n) is 1.93. The van der Waals surface area contributed by atoms with E-state index < -0.39 is 0 Å². The molecule has 1 aromatic heterocycles. The maximum atomic E-state index is 9.06. The molecular weight excluding hydrogens is 244 g/mol. The van der Waals surface area contributed by atoms with Gasteiger partial charge in [-0.3, -0.25) is 0 Å². The molecule has 1 aromatic carbocycles. The van der Waals surface area contributed by atoms with Crippen LogP contribution in [-0.2, 0) is 6.42 Å². The van der Waals surface area contributed by atoms with Crippen LogP contribution in [0.1, 0.15) is 11.4 Å². The predicted molar refractivity (Wildman–Crippen MR) is 67.0 cm³/mol. The molecule has 3 rings (SSSR count). The summed E-state index contributed by atoms with van der Waals surface area (Å²) in [5.41, 5.74) is 2.35. The highest BCUT2D eigenvalue weighted by Crippen LogP contribution is 2.31. The zero-order valence-corrected chi connectivity index (χ0v) is 9.92. The largest absolute Gasteiger partial charge is 0.493 e. The lowest BCUT2D eigenvalue weighted by molar-refractivity contribution is 0.357. The molecule has 0 bridgehead atoms. The van der Waals surface area contributed by atoms with E-state index in [0.717, 1.165) is 23.4 Å². The van der Waals surface area contributed by atoms with Gasteiger partial charge in [0, 0.05) is 23.9 Å². The summed E-state index contributed by atoms with van der Waals surface area (Å²) in [5, 5.41) is 25.4. The third-order valence-corrected chi connectivity index (χ3v) is 2.82. The number of allylic oxidation sites excluding steroid dienone is 1. The summed E-state index contributed by atoms with van der Waals surface area (Å²) in [6.07, 6.45) is 2.43. The van der Waals surface area contributed by atoms with Crippen LogP contribution in [0.2, 0.25) is 0 Å². The molecule has 2 N–H and O–H groups in total. The number of fused-ring (bicyclic) bond motifs is 1. The van der Waals surface area contributed by atoms with Crippen LogP contribution in [-0.4, -0.2) is 27.2 Å². The SMILES string of the molecule is N#CC(=CNc1cccc2c1CCO2)c1nn[nH]n1. The van der Waals surface area contributed by atoms with Gasteiger partial charge >= 0.3 is 0 Å². The third-order valence-electron chi connectivity index (χ3n) is 2.82. The third kappa shape index (κ3) is 2.11. The van der Waals surface area contributed by atoms with Crippen molar-refractivity contribution in [2.45, 2.75) is 6.42 Å². The quantitative estimate of drug-likeness (QED) is 0.796. The van der Waals surface area contributed by atoms with Crippen LogP contribution in [0.4, 0.5) is 5.69 Å². The number of nitriles is 1. The number of nitrogens with one attached hydrogen (secondary N) is 2. The van der Waals surface area contributed by atoms with Crippen LogP contribution in [0.25, 0.3) is 5.57 Å². The highest BCUT2D eigenvalue weighted by atomic mass is 16.5. The van der Waals surface area contributed by atoms with E-state index in [0.29, 0.717) is 12.2 Å². The van der Waals surface area contributed by atoms with E-state index in [1.165, 1.54) is 0 Å². The number of H-pyrrole nitrogens is 1. The zero-order valence-electron chi connectivity index (χ0n) is 9.92. The molecule has 0 fully saturated rings. The topological polar surface area (TPSA) is 99.5 Å². The van der Waals surface area contributed by atoms with Crippen LogP contribution in [0.3, 0.4) is 0 Å². The summed E-state index contributed by atoms with van der Waals surface area (Å²) < 4.78 is 5.48. The van der Waals surface area contributed by atoms with Crippen molar-refractivity contribution in [3.05, 3.63) is 35.8 Å². The van der Waals surface area contributed by atoms with Gasteiger partial charge in [-0.05, 0) is 17.3 Å². The second-order valence-electron chi connectivity index (χ2n) is 3.93. The van der Waals surface area contributed by atoms with Crippen molar-refractivity contribution in [2.75, 3.05) is 11.9 Å². The molecule has 1 aliphatic rings. The van der Waals surface area contributed by atoms with Crippen LogP contribution >= 0.6 is 0 Å². The van der Waals surface area contributed by atoms with Gasteiger partial charge in [0.25, 0.3) is 0 Å². The van der Waals surface area contributed by atoms with Crippen LogP contribution in [0.5, 0.6) is 5.75 Å². The lowest BCUT2D eigenvalue weighted by Crippen LogP contribution is -1.95. The Balaban J connectivity index is 1.87. The van der Waals surface area contributed by atoms with Crippen molar-refractivity contribution in [1.82, 2.24) is 20.6 Å². The highest BCUT2D eigenvalue weighted by molar-refractivity contribution is 5.74. The van der Waals surface area contributed by atoms with Crippen molar-refractivity contribution in [1.29, 1.82) is 5.26 Å². The van der Waals surface area contributed by atoms with Gasteiger partial charge in [0.15, 0.2) is 0 Å². The minimum atomic E-state index is 0.263. The molecule has 0 spiro atoms. The molecule has 7 heteroatoms. The first-order valence-electron chi connectivity index (χ1n) is 5.74. The number of tetrazole rings is 1. The first kappa shape index (κ1) is 11.2. The molecule has 19 heavy (non-hydrogen) atoms. The van der Waals surface area contributed by atoms with Crippen LogP contribution in [0, 0.1) is 11.3 Å². The molecule has 1 aliphatic heterocycles. The van der Waals surface area contributed by atoms with Crippen molar-refractivity contribution in [3.8, 4) is 11.8 Å². The fraction of sp³-hybridized carbons (Fsp3) is 0.167. The Hall–Kier alpha value is -2.88. The minimum Gasteiger partial charge on any atom is -0.493 e. The summed E-state index contributed by atoms with van der Waals surface area (Å²) in [7, 11) is 0. The molecule has 7 nitrogen and oxygen atoms in total. The highest BCUT2D eigenvalue weighted by Gasteiger charge is 2.15. The Morgan fingerprint density at radius 3 is 3.26 bits per heavy atom. The molecule has 0 saturated heterocycles. The van der Waals surface area contributed by atoms with Crippen molar-refractivity contribution in [2.24, 2.45) is 0 Å². The van der Waals surface area contributed by atoms with Gasteiger partial charge in [-0.2, -0.15) is 10.5 Å². The van der Waals surface area contributed by atoms with Gasteiger partial charge in [0.2, 0.25) is 5.82 Å². The van der Waals surface area contributed by atoms with E-state index in [1.54, 1.807) is 6.20 Å². The Morgan fingerprint density at radius 2 is 2.47 bits per heavy atom. The second-order valence-corrected chi connectivity index (χ2v) is 3.93. The molecule has 0 amide bonds. The van der Waals surface area contributed by atoms with Crippen molar-refractivity contribution < 1.29 is 4.74 Å². The molecule has 0 atom stereocenters. The molecule has 2 aromatic rings. The summed E-state index contributed by atoms with van der Waals surface area (Å²) in [6.45, 7) is 0.688. The standard InChI is InChI=1S/C12H10N6O/c13-6-8(12-15-17-18-16-12)7-14-10-2-1-3-11-9(10)4-5-19-11/h1-3,7,14H,4-5H2,(H,15,16,17,18). The Labute approximate surface area is 108 Å². The molecule has 0 saturated carbocycles. The molecule has 2 heterocycles. The van der Waals surface area contributed by atoms with Gasteiger partial charge in [0.1, 0.15) is 17.4 Å². The summed E-state index contributed by atoms with van der Waals surface area (Å²) in [4.78, 5) is 0. The lowest BCUT2D eigenvalue weighted by Gasteiger charge is -2.06. The van der Waals surface area contributed by atoms with E-state index in [9.17, 15) is 0 Å². The number of benzene rings is 1. The van der Waals surface area contributed by atoms with E-state index >= 15 is 0 Å². The number of hydrogen-bond acceptors (Lipinski definition) is 6. The average molecular weight is 254 g/mol. The van der Waals surface area contributed by atoms with Crippen molar-refractivity contribution >= 4 is 11.3 Å². The van der Waals surface area contributed by atoms with Crippen LogP contribution < -0.4 is 10.1 Å². The van der Waals surface area contributed by atoms with Gasteiger partial charge in [-0.15, -0.1) is 10.2 Å². The minimum absolute atomic E-state index is 0.263.